The van der Waals surface area contributed by atoms with Gasteiger partial charge in [-0.3, -0.25) is 4.98 Å². The lowest BCUT2D eigenvalue weighted by atomic mass is 10.1. The van der Waals surface area contributed by atoms with Gasteiger partial charge in [0.1, 0.15) is 0 Å². The number of rotatable bonds is 8. The first-order chi connectivity index (χ1) is 9.95. The largest absolute Gasteiger partial charge is 0.409 e. The van der Waals surface area contributed by atoms with E-state index < -0.39 is 0 Å². The molecule has 1 heterocycles. The molecule has 0 atom stereocenters. The second-order valence-electron chi connectivity index (χ2n) is 6.23. The third kappa shape index (κ3) is 5.61. The Labute approximate surface area is 127 Å². The normalized spacial score (nSPS) is 12.2. The van der Waals surface area contributed by atoms with Gasteiger partial charge in [-0.25, -0.2) is 0 Å². The number of nitrogens with two attached hydrogens (primary N) is 1. The minimum atomic E-state index is 0.131. The zero-order valence-corrected chi connectivity index (χ0v) is 13.6. The fourth-order valence-electron chi connectivity index (χ4n) is 2.09. The average molecular weight is 292 g/mol. The lowest BCUT2D eigenvalue weighted by Gasteiger charge is -2.28. The van der Waals surface area contributed by atoms with Crippen LogP contribution in [0.1, 0.15) is 46.1 Å². The number of hydrogen-bond acceptors (Lipinski definition) is 4. The zero-order chi connectivity index (χ0) is 15.8. The molecule has 0 aliphatic heterocycles. The van der Waals surface area contributed by atoms with Crippen molar-refractivity contribution in [3.63, 3.8) is 0 Å². The van der Waals surface area contributed by atoms with Crippen molar-refractivity contribution >= 4 is 11.5 Å². The van der Waals surface area contributed by atoms with Crippen LogP contribution in [0.15, 0.2) is 23.6 Å². The quantitative estimate of drug-likeness (QED) is 0.334. The summed E-state index contributed by atoms with van der Waals surface area (Å²) < 4.78 is 0. The van der Waals surface area contributed by atoms with Crippen LogP contribution in [0.4, 0.5) is 5.69 Å². The minimum absolute atomic E-state index is 0.131. The number of anilines is 1. The van der Waals surface area contributed by atoms with Crippen LogP contribution in [0, 0.1) is 11.8 Å². The van der Waals surface area contributed by atoms with Crippen LogP contribution in [0.3, 0.4) is 0 Å². The molecule has 0 aliphatic carbocycles. The van der Waals surface area contributed by atoms with Gasteiger partial charge in [0.25, 0.3) is 0 Å². The molecular weight excluding hydrogens is 264 g/mol. The van der Waals surface area contributed by atoms with E-state index in [4.69, 9.17) is 10.9 Å². The third-order valence-corrected chi connectivity index (χ3v) is 3.48. The molecule has 3 N–H and O–H groups in total. The fraction of sp³-hybridized carbons (Fsp3) is 0.625. The average Bonchev–Trinajstić information content (AvgIpc) is 2.46. The summed E-state index contributed by atoms with van der Waals surface area (Å²) in [7, 11) is 0. The van der Waals surface area contributed by atoms with Crippen LogP contribution in [-0.4, -0.2) is 29.1 Å². The van der Waals surface area contributed by atoms with E-state index in [2.05, 4.69) is 42.7 Å². The molecule has 118 valence electrons. The van der Waals surface area contributed by atoms with Gasteiger partial charge in [-0.1, -0.05) is 32.9 Å². The Hall–Kier alpha value is -1.78. The maximum atomic E-state index is 8.95. The van der Waals surface area contributed by atoms with E-state index in [1.807, 2.05) is 0 Å². The van der Waals surface area contributed by atoms with Gasteiger partial charge in [0.15, 0.2) is 5.84 Å². The number of oxime groups is 1. The van der Waals surface area contributed by atoms with Crippen molar-refractivity contribution in [2.24, 2.45) is 22.7 Å². The first-order valence-electron chi connectivity index (χ1n) is 7.62. The first-order valence-corrected chi connectivity index (χ1v) is 7.62. The van der Waals surface area contributed by atoms with Crippen LogP contribution in [0.2, 0.25) is 0 Å². The Morgan fingerprint density at radius 3 is 2.29 bits per heavy atom. The van der Waals surface area contributed by atoms with Crippen LogP contribution in [0.25, 0.3) is 0 Å². The van der Waals surface area contributed by atoms with E-state index >= 15 is 0 Å². The number of amidine groups is 1. The van der Waals surface area contributed by atoms with Gasteiger partial charge >= 0.3 is 0 Å². The Morgan fingerprint density at radius 1 is 1.24 bits per heavy atom. The van der Waals surface area contributed by atoms with Crippen LogP contribution in [0.5, 0.6) is 0 Å². The summed E-state index contributed by atoms with van der Waals surface area (Å²) >= 11 is 0. The van der Waals surface area contributed by atoms with E-state index in [1.165, 1.54) is 0 Å². The molecule has 1 rings (SSSR count). The summed E-state index contributed by atoms with van der Waals surface area (Å²) in [4.78, 5) is 6.50. The first kappa shape index (κ1) is 17.3. The summed E-state index contributed by atoms with van der Waals surface area (Å²) in [6.07, 6.45) is 5.67. The van der Waals surface area contributed by atoms with Crippen LogP contribution in [-0.2, 0) is 0 Å². The highest BCUT2D eigenvalue weighted by Crippen LogP contribution is 2.21. The van der Waals surface area contributed by atoms with Gasteiger partial charge in [-0.05, 0) is 30.7 Å². The smallest absolute Gasteiger partial charge is 0.172 e. The molecular formula is C16H28N4O. The Morgan fingerprint density at radius 2 is 1.81 bits per heavy atom. The van der Waals surface area contributed by atoms with Gasteiger partial charge < -0.3 is 15.8 Å². The lowest BCUT2D eigenvalue weighted by molar-refractivity contribution is 0.318. The Balaban J connectivity index is 3.00. The van der Waals surface area contributed by atoms with Crippen molar-refractivity contribution in [1.82, 2.24) is 4.98 Å². The van der Waals surface area contributed by atoms with Crippen molar-refractivity contribution in [2.75, 3.05) is 18.0 Å². The summed E-state index contributed by atoms with van der Waals surface area (Å²) in [5.41, 5.74) is 7.47. The van der Waals surface area contributed by atoms with Crippen molar-refractivity contribution in [3.05, 3.63) is 24.0 Å². The molecule has 0 amide bonds. The predicted molar refractivity (Wildman–Crippen MR) is 87.9 cm³/mol. The highest BCUT2D eigenvalue weighted by Gasteiger charge is 2.15. The molecule has 1 aromatic heterocycles. The van der Waals surface area contributed by atoms with Crippen molar-refractivity contribution in [3.8, 4) is 0 Å². The van der Waals surface area contributed by atoms with E-state index in [1.54, 1.807) is 18.5 Å². The molecule has 1 aromatic rings. The molecule has 0 saturated heterocycles. The topological polar surface area (TPSA) is 74.7 Å². The molecule has 5 nitrogen and oxygen atoms in total. The molecule has 5 heteroatoms. The van der Waals surface area contributed by atoms with Crippen molar-refractivity contribution < 1.29 is 5.21 Å². The molecule has 0 aliphatic rings. The molecule has 21 heavy (non-hydrogen) atoms. The minimum Gasteiger partial charge on any atom is -0.409 e. The Bertz CT molecular complexity index is 445. The number of aromatic nitrogens is 1. The molecule has 0 saturated carbocycles. The maximum Gasteiger partial charge on any atom is 0.172 e. The van der Waals surface area contributed by atoms with Gasteiger partial charge in [0.05, 0.1) is 11.9 Å². The van der Waals surface area contributed by atoms with E-state index in [9.17, 15) is 0 Å². The predicted octanol–water partition coefficient (Wildman–Crippen LogP) is 3.07. The summed E-state index contributed by atoms with van der Waals surface area (Å²) in [6.45, 7) is 10.8. The SMILES string of the molecule is CC(C)CCN(CCC(C)C)c1cnccc1/C(N)=N/O. The van der Waals surface area contributed by atoms with E-state index in [-0.39, 0.29) is 5.84 Å². The van der Waals surface area contributed by atoms with Gasteiger partial charge in [-0.15, -0.1) is 0 Å². The summed E-state index contributed by atoms with van der Waals surface area (Å²) in [5, 5.41) is 12.1. The standard InChI is InChI=1S/C16H28N4O/c1-12(2)6-9-20(10-7-13(3)4)15-11-18-8-5-14(15)16(17)19-21/h5,8,11-13,21H,6-7,9-10H2,1-4H3,(H2,17,19). The van der Waals surface area contributed by atoms with Crippen molar-refractivity contribution in [1.29, 1.82) is 0 Å². The fourth-order valence-corrected chi connectivity index (χ4v) is 2.09. The van der Waals surface area contributed by atoms with Gasteiger partial charge in [0.2, 0.25) is 0 Å². The van der Waals surface area contributed by atoms with E-state index in [0.29, 0.717) is 11.8 Å². The summed E-state index contributed by atoms with van der Waals surface area (Å²) in [5.74, 6) is 1.40. The van der Waals surface area contributed by atoms with Crippen LogP contribution < -0.4 is 10.6 Å². The third-order valence-electron chi connectivity index (χ3n) is 3.48. The molecule has 0 aromatic carbocycles. The summed E-state index contributed by atoms with van der Waals surface area (Å²) in [6, 6.07) is 1.79. The zero-order valence-electron chi connectivity index (χ0n) is 13.6. The number of nitrogens with zero attached hydrogens (tertiary/aromatic N) is 3. The highest BCUT2D eigenvalue weighted by atomic mass is 16.4. The van der Waals surface area contributed by atoms with Crippen LogP contribution >= 0.6 is 0 Å². The van der Waals surface area contributed by atoms with E-state index in [0.717, 1.165) is 37.2 Å². The monoisotopic (exact) mass is 292 g/mol. The number of pyridine rings is 1. The van der Waals surface area contributed by atoms with Crippen molar-refractivity contribution in [2.45, 2.75) is 40.5 Å². The second kappa shape index (κ2) is 8.49. The molecule has 0 bridgehead atoms. The molecule has 0 fully saturated rings. The lowest BCUT2D eigenvalue weighted by Crippen LogP contribution is -2.30. The highest BCUT2D eigenvalue weighted by molar-refractivity contribution is 6.02. The Kier molecular flexibility index (Phi) is 6.99. The van der Waals surface area contributed by atoms with Gasteiger partial charge in [-0.2, -0.15) is 0 Å². The molecule has 0 radical (unpaired) electrons. The maximum absolute atomic E-state index is 8.95. The second-order valence-corrected chi connectivity index (χ2v) is 6.23. The molecule has 0 unspecified atom stereocenters. The number of hydrogen-bond donors (Lipinski definition) is 2. The molecule has 0 spiro atoms. The van der Waals surface area contributed by atoms with Gasteiger partial charge in [0, 0.05) is 24.8 Å².